The number of nitrogens with zero attached hydrogens (tertiary/aromatic N) is 1. The van der Waals surface area contributed by atoms with Crippen LogP contribution in [0.4, 0.5) is 0 Å². The Labute approximate surface area is 128 Å². The van der Waals surface area contributed by atoms with Gasteiger partial charge < -0.3 is 5.32 Å². The van der Waals surface area contributed by atoms with Gasteiger partial charge in [-0.25, -0.2) is 0 Å². The Morgan fingerprint density at radius 2 is 2.15 bits per heavy atom. The average molecular weight is 295 g/mol. The summed E-state index contributed by atoms with van der Waals surface area (Å²) in [7, 11) is 0. The molecule has 2 heterocycles. The minimum atomic E-state index is 0.731. The van der Waals surface area contributed by atoms with E-state index in [1.165, 1.54) is 42.1 Å². The quantitative estimate of drug-likeness (QED) is 0.776. The van der Waals surface area contributed by atoms with E-state index in [2.05, 4.69) is 43.1 Å². The number of nitrogens with one attached hydrogen (secondary N) is 1. The molecule has 1 atom stereocenters. The maximum absolute atomic E-state index is 3.53. The summed E-state index contributed by atoms with van der Waals surface area (Å²) in [6.45, 7) is 12.7. The predicted octanol–water partition coefficient (Wildman–Crippen LogP) is 4.12. The van der Waals surface area contributed by atoms with Crippen molar-refractivity contribution < 1.29 is 0 Å². The van der Waals surface area contributed by atoms with Crippen molar-refractivity contribution in [2.45, 2.75) is 53.1 Å². The topological polar surface area (TPSA) is 15.3 Å². The zero-order valence-electron chi connectivity index (χ0n) is 13.3. The largest absolute Gasteiger partial charge is 0.312 e. The first kappa shape index (κ1) is 16.0. The normalized spacial score (nSPS) is 20.1. The summed E-state index contributed by atoms with van der Waals surface area (Å²) in [4.78, 5) is 5.64. The number of hydrogen-bond donors (Lipinski definition) is 1. The summed E-state index contributed by atoms with van der Waals surface area (Å²) in [6.07, 6.45) is 4.15. The van der Waals surface area contributed by atoms with Crippen LogP contribution in [-0.4, -0.2) is 24.5 Å². The van der Waals surface area contributed by atoms with E-state index in [4.69, 9.17) is 0 Å². The second-order valence-electron chi connectivity index (χ2n) is 6.57. The molecule has 0 bridgehead atoms. The molecule has 1 aliphatic heterocycles. The Kier molecular flexibility index (Phi) is 6.53. The molecule has 1 aromatic rings. The molecule has 0 saturated carbocycles. The van der Waals surface area contributed by atoms with Crippen molar-refractivity contribution in [3.63, 3.8) is 0 Å². The van der Waals surface area contributed by atoms with E-state index in [1.807, 2.05) is 11.3 Å². The van der Waals surface area contributed by atoms with Gasteiger partial charge in [0.15, 0.2) is 0 Å². The van der Waals surface area contributed by atoms with E-state index in [1.54, 1.807) is 0 Å². The second kappa shape index (κ2) is 8.16. The Bertz CT molecular complexity index is 386. The fraction of sp³-hybridized carbons (Fsp3) is 0.765. The van der Waals surface area contributed by atoms with Gasteiger partial charge in [-0.15, -0.1) is 11.3 Å². The summed E-state index contributed by atoms with van der Waals surface area (Å²) in [6, 6.07) is 4.62. The highest BCUT2D eigenvalue weighted by Gasteiger charge is 2.21. The lowest BCUT2D eigenvalue weighted by molar-refractivity contribution is 0.315. The molecule has 1 N–H and O–H groups in total. The van der Waals surface area contributed by atoms with Crippen LogP contribution in [0.1, 0.15) is 49.8 Å². The highest BCUT2D eigenvalue weighted by molar-refractivity contribution is 7.11. The van der Waals surface area contributed by atoms with Crippen molar-refractivity contribution in [2.75, 3.05) is 19.6 Å². The van der Waals surface area contributed by atoms with Crippen LogP contribution in [0.15, 0.2) is 12.1 Å². The van der Waals surface area contributed by atoms with E-state index in [9.17, 15) is 0 Å². The molecule has 1 unspecified atom stereocenters. The van der Waals surface area contributed by atoms with Gasteiger partial charge in [0.1, 0.15) is 0 Å². The van der Waals surface area contributed by atoms with Crippen LogP contribution in [0, 0.1) is 11.8 Å². The van der Waals surface area contributed by atoms with Crippen LogP contribution in [0.2, 0.25) is 0 Å². The lowest BCUT2D eigenvalue weighted by Gasteiger charge is -2.14. The molecule has 1 aromatic heterocycles. The standard InChI is InChI=1S/C17H30N2S/c1-4-5-15-8-9-19(12-15)13-17-7-6-16(20-17)11-18-10-14(2)3/h6-7,14-15,18H,4-5,8-13H2,1-3H3. The molecule has 1 fully saturated rings. The van der Waals surface area contributed by atoms with E-state index < -0.39 is 0 Å². The van der Waals surface area contributed by atoms with Gasteiger partial charge in [0.25, 0.3) is 0 Å². The third-order valence-corrected chi connectivity index (χ3v) is 5.09. The molecule has 0 aliphatic carbocycles. The molecule has 114 valence electrons. The first-order valence-electron chi connectivity index (χ1n) is 8.18. The van der Waals surface area contributed by atoms with Crippen molar-refractivity contribution >= 4 is 11.3 Å². The van der Waals surface area contributed by atoms with Gasteiger partial charge in [0, 0.05) is 29.4 Å². The summed E-state index contributed by atoms with van der Waals surface area (Å²) in [5.41, 5.74) is 0. The molecule has 2 nitrogen and oxygen atoms in total. The molecule has 0 spiro atoms. The van der Waals surface area contributed by atoms with Crippen LogP contribution < -0.4 is 5.32 Å². The van der Waals surface area contributed by atoms with Gasteiger partial charge in [-0.1, -0.05) is 27.2 Å². The minimum absolute atomic E-state index is 0.731. The highest BCUT2D eigenvalue weighted by Crippen LogP contribution is 2.25. The van der Waals surface area contributed by atoms with Crippen molar-refractivity contribution in [3.05, 3.63) is 21.9 Å². The number of likely N-dealkylation sites (tertiary alicyclic amines) is 1. The number of hydrogen-bond acceptors (Lipinski definition) is 3. The lowest BCUT2D eigenvalue weighted by atomic mass is 10.0. The Balaban J connectivity index is 1.73. The van der Waals surface area contributed by atoms with E-state index >= 15 is 0 Å². The molecule has 0 aromatic carbocycles. The van der Waals surface area contributed by atoms with Crippen LogP contribution in [0.3, 0.4) is 0 Å². The second-order valence-corrected chi connectivity index (χ2v) is 7.82. The molecular weight excluding hydrogens is 264 g/mol. The number of thiophene rings is 1. The molecule has 20 heavy (non-hydrogen) atoms. The predicted molar refractivity (Wildman–Crippen MR) is 89.2 cm³/mol. The molecule has 3 heteroatoms. The van der Waals surface area contributed by atoms with Crippen molar-refractivity contribution in [2.24, 2.45) is 11.8 Å². The lowest BCUT2D eigenvalue weighted by Crippen LogP contribution is -2.19. The summed E-state index contributed by atoms with van der Waals surface area (Å²) < 4.78 is 0. The molecule has 0 radical (unpaired) electrons. The SMILES string of the molecule is CCCC1CCN(Cc2ccc(CNCC(C)C)s2)C1. The van der Waals surface area contributed by atoms with Crippen molar-refractivity contribution in [1.29, 1.82) is 0 Å². The molecule has 0 amide bonds. The highest BCUT2D eigenvalue weighted by atomic mass is 32.1. The third-order valence-electron chi connectivity index (χ3n) is 4.02. The van der Waals surface area contributed by atoms with Gasteiger partial charge in [-0.05, 0) is 49.9 Å². The molecular formula is C17H30N2S. The van der Waals surface area contributed by atoms with Crippen LogP contribution in [-0.2, 0) is 13.1 Å². The van der Waals surface area contributed by atoms with Gasteiger partial charge in [-0.3, -0.25) is 4.90 Å². The Morgan fingerprint density at radius 1 is 1.35 bits per heavy atom. The van der Waals surface area contributed by atoms with Crippen LogP contribution in [0.25, 0.3) is 0 Å². The molecule has 2 rings (SSSR count). The van der Waals surface area contributed by atoms with E-state index in [-0.39, 0.29) is 0 Å². The zero-order valence-corrected chi connectivity index (χ0v) is 14.1. The molecule has 1 saturated heterocycles. The summed E-state index contributed by atoms with van der Waals surface area (Å²) in [5.74, 6) is 1.68. The Morgan fingerprint density at radius 3 is 2.90 bits per heavy atom. The van der Waals surface area contributed by atoms with E-state index in [0.29, 0.717) is 0 Å². The third kappa shape index (κ3) is 5.19. The van der Waals surface area contributed by atoms with Crippen LogP contribution in [0.5, 0.6) is 0 Å². The van der Waals surface area contributed by atoms with Crippen molar-refractivity contribution in [1.82, 2.24) is 10.2 Å². The fourth-order valence-electron chi connectivity index (χ4n) is 3.01. The zero-order chi connectivity index (χ0) is 14.4. The van der Waals surface area contributed by atoms with Crippen LogP contribution >= 0.6 is 11.3 Å². The first-order valence-corrected chi connectivity index (χ1v) is 8.99. The van der Waals surface area contributed by atoms with Gasteiger partial charge in [-0.2, -0.15) is 0 Å². The fourth-order valence-corrected chi connectivity index (χ4v) is 4.04. The monoisotopic (exact) mass is 294 g/mol. The Hall–Kier alpha value is -0.380. The minimum Gasteiger partial charge on any atom is -0.312 e. The van der Waals surface area contributed by atoms with Crippen molar-refractivity contribution in [3.8, 4) is 0 Å². The number of rotatable bonds is 8. The summed E-state index contributed by atoms with van der Waals surface area (Å²) >= 11 is 1.98. The van der Waals surface area contributed by atoms with Gasteiger partial charge in [0.2, 0.25) is 0 Å². The van der Waals surface area contributed by atoms with E-state index in [0.717, 1.165) is 31.5 Å². The van der Waals surface area contributed by atoms with Gasteiger partial charge in [0.05, 0.1) is 0 Å². The molecule has 1 aliphatic rings. The first-order chi connectivity index (χ1) is 9.67. The summed E-state index contributed by atoms with van der Waals surface area (Å²) in [5, 5.41) is 3.53. The maximum atomic E-state index is 3.53. The maximum Gasteiger partial charge on any atom is 0.0328 e. The van der Waals surface area contributed by atoms with Gasteiger partial charge >= 0.3 is 0 Å². The average Bonchev–Trinajstić information content (AvgIpc) is 3.00. The smallest absolute Gasteiger partial charge is 0.0328 e.